The summed E-state index contributed by atoms with van der Waals surface area (Å²) in [5.74, 6) is 0.675. The molecule has 1 rings (SSSR count). The summed E-state index contributed by atoms with van der Waals surface area (Å²) >= 11 is 0. The molecule has 1 fully saturated rings. The van der Waals surface area contributed by atoms with E-state index in [0.717, 1.165) is 31.6 Å². The average Bonchev–Trinajstić information content (AvgIpc) is 2.42. The van der Waals surface area contributed by atoms with E-state index in [1.165, 1.54) is 6.42 Å². The van der Waals surface area contributed by atoms with E-state index in [0.29, 0.717) is 19.7 Å². The zero-order valence-electron chi connectivity index (χ0n) is 12.2. The molecule has 5 nitrogen and oxygen atoms in total. The monoisotopic (exact) mass is 272 g/mol. The topological polar surface area (TPSA) is 70.6 Å². The molecule has 0 aliphatic heterocycles. The van der Waals surface area contributed by atoms with Crippen LogP contribution in [0.25, 0.3) is 0 Å². The van der Waals surface area contributed by atoms with Crippen LogP contribution in [-0.2, 0) is 9.53 Å². The highest BCUT2D eigenvalue weighted by Gasteiger charge is 2.32. The van der Waals surface area contributed by atoms with E-state index in [4.69, 9.17) is 4.74 Å². The first-order valence-corrected chi connectivity index (χ1v) is 7.28. The van der Waals surface area contributed by atoms with Crippen molar-refractivity contribution in [2.45, 2.75) is 44.6 Å². The van der Waals surface area contributed by atoms with E-state index in [1.54, 1.807) is 7.11 Å². The predicted octanol–water partition coefficient (Wildman–Crippen LogP) is 0.670. The third-order valence-electron chi connectivity index (χ3n) is 4.00. The lowest BCUT2D eigenvalue weighted by Crippen LogP contribution is -2.47. The van der Waals surface area contributed by atoms with Crippen molar-refractivity contribution < 1.29 is 14.6 Å². The van der Waals surface area contributed by atoms with Gasteiger partial charge in [0.1, 0.15) is 0 Å². The lowest BCUT2D eigenvalue weighted by molar-refractivity contribution is -0.122. The maximum atomic E-state index is 11.6. The SMILES string of the molecule is CCC1CCC(O)(CNC(=O)CNCCOC)CC1. The van der Waals surface area contributed by atoms with Gasteiger partial charge in [-0.1, -0.05) is 13.3 Å². The van der Waals surface area contributed by atoms with Crippen LogP contribution in [-0.4, -0.2) is 50.0 Å². The standard InChI is InChI=1S/C14H28N2O3/c1-3-12-4-6-14(18,7-5-12)11-16-13(17)10-15-8-9-19-2/h12,15,18H,3-11H2,1-2H3,(H,16,17). The lowest BCUT2D eigenvalue weighted by Gasteiger charge is -2.35. The Balaban J connectivity index is 2.15. The smallest absolute Gasteiger partial charge is 0.234 e. The van der Waals surface area contributed by atoms with E-state index in [-0.39, 0.29) is 12.5 Å². The Hall–Kier alpha value is -0.650. The van der Waals surface area contributed by atoms with E-state index in [9.17, 15) is 9.90 Å². The van der Waals surface area contributed by atoms with Gasteiger partial charge in [0.15, 0.2) is 0 Å². The van der Waals surface area contributed by atoms with E-state index < -0.39 is 5.60 Å². The normalized spacial score (nSPS) is 27.2. The third-order valence-corrected chi connectivity index (χ3v) is 4.00. The number of carbonyl (C=O) groups is 1. The Kier molecular flexibility index (Phi) is 7.34. The van der Waals surface area contributed by atoms with Crippen LogP contribution in [0.3, 0.4) is 0 Å². The summed E-state index contributed by atoms with van der Waals surface area (Å²) in [6, 6.07) is 0. The summed E-state index contributed by atoms with van der Waals surface area (Å²) in [4.78, 5) is 11.6. The van der Waals surface area contributed by atoms with Crippen LogP contribution in [0, 0.1) is 5.92 Å². The highest BCUT2D eigenvalue weighted by atomic mass is 16.5. The molecule has 3 N–H and O–H groups in total. The van der Waals surface area contributed by atoms with Crippen molar-refractivity contribution in [2.24, 2.45) is 5.92 Å². The van der Waals surface area contributed by atoms with Gasteiger partial charge in [-0.15, -0.1) is 0 Å². The van der Waals surface area contributed by atoms with Gasteiger partial charge in [-0.25, -0.2) is 0 Å². The number of hydrogen-bond acceptors (Lipinski definition) is 4. The van der Waals surface area contributed by atoms with Gasteiger partial charge in [-0.2, -0.15) is 0 Å². The predicted molar refractivity (Wildman–Crippen MR) is 75.0 cm³/mol. The van der Waals surface area contributed by atoms with Crippen LogP contribution in [0.2, 0.25) is 0 Å². The van der Waals surface area contributed by atoms with Gasteiger partial charge in [-0.3, -0.25) is 4.79 Å². The molecule has 0 aromatic rings. The van der Waals surface area contributed by atoms with Gasteiger partial charge in [0.05, 0.1) is 18.8 Å². The molecular formula is C14H28N2O3. The minimum Gasteiger partial charge on any atom is -0.388 e. The van der Waals surface area contributed by atoms with Crippen molar-refractivity contribution in [1.82, 2.24) is 10.6 Å². The number of ether oxygens (including phenoxy) is 1. The number of amides is 1. The number of aliphatic hydroxyl groups is 1. The van der Waals surface area contributed by atoms with Gasteiger partial charge < -0.3 is 20.5 Å². The number of hydrogen-bond donors (Lipinski definition) is 3. The Labute approximate surface area is 116 Å². The first kappa shape index (κ1) is 16.4. The van der Waals surface area contributed by atoms with Crippen LogP contribution < -0.4 is 10.6 Å². The maximum Gasteiger partial charge on any atom is 0.234 e. The Morgan fingerprint density at radius 3 is 2.68 bits per heavy atom. The minimum absolute atomic E-state index is 0.0675. The maximum absolute atomic E-state index is 11.6. The molecule has 0 heterocycles. The molecule has 0 aromatic heterocycles. The van der Waals surface area contributed by atoms with Crippen LogP contribution in [0.5, 0.6) is 0 Å². The van der Waals surface area contributed by atoms with Crippen LogP contribution in [0.1, 0.15) is 39.0 Å². The molecule has 0 unspecified atom stereocenters. The average molecular weight is 272 g/mol. The first-order valence-electron chi connectivity index (χ1n) is 7.28. The van der Waals surface area contributed by atoms with Gasteiger partial charge in [0.25, 0.3) is 0 Å². The van der Waals surface area contributed by atoms with Crippen LogP contribution in [0.4, 0.5) is 0 Å². The summed E-state index contributed by atoms with van der Waals surface area (Å²) < 4.78 is 4.88. The number of nitrogens with one attached hydrogen (secondary N) is 2. The van der Waals surface area contributed by atoms with Crippen LogP contribution >= 0.6 is 0 Å². The molecular weight excluding hydrogens is 244 g/mol. The summed E-state index contributed by atoms with van der Waals surface area (Å²) in [7, 11) is 1.63. The molecule has 5 heteroatoms. The van der Waals surface area contributed by atoms with Crippen molar-refractivity contribution in [1.29, 1.82) is 0 Å². The molecule has 1 aliphatic rings. The fraction of sp³-hybridized carbons (Fsp3) is 0.929. The molecule has 0 aromatic carbocycles. The summed E-state index contributed by atoms with van der Waals surface area (Å²) in [6.07, 6.45) is 4.90. The van der Waals surface area contributed by atoms with Crippen molar-refractivity contribution >= 4 is 5.91 Å². The summed E-state index contributed by atoms with van der Waals surface area (Å²) in [5.41, 5.74) is -0.701. The van der Waals surface area contributed by atoms with Gasteiger partial charge in [0.2, 0.25) is 5.91 Å². The van der Waals surface area contributed by atoms with Crippen molar-refractivity contribution in [3.8, 4) is 0 Å². The van der Waals surface area contributed by atoms with Crippen molar-refractivity contribution in [2.75, 3.05) is 33.4 Å². The Bertz CT molecular complexity index is 263. The molecule has 19 heavy (non-hydrogen) atoms. The highest BCUT2D eigenvalue weighted by molar-refractivity contribution is 5.78. The van der Waals surface area contributed by atoms with Crippen LogP contribution in [0.15, 0.2) is 0 Å². The fourth-order valence-corrected chi connectivity index (χ4v) is 2.50. The molecule has 0 atom stereocenters. The van der Waals surface area contributed by atoms with E-state index >= 15 is 0 Å². The second kappa shape index (κ2) is 8.51. The first-order chi connectivity index (χ1) is 9.09. The summed E-state index contributed by atoms with van der Waals surface area (Å²) in [5, 5.41) is 16.2. The van der Waals surface area contributed by atoms with Crippen molar-refractivity contribution in [3.63, 3.8) is 0 Å². The van der Waals surface area contributed by atoms with Gasteiger partial charge in [-0.05, 0) is 31.6 Å². The molecule has 1 saturated carbocycles. The van der Waals surface area contributed by atoms with Crippen molar-refractivity contribution in [3.05, 3.63) is 0 Å². The largest absolute Gasteiger partial charge is 0.388 e. The molecule has 0 saturated heterocycles. The zero-order valence-corrected chi connectivity index (χ0v) is 12.2. The second-order valence-electron chi connectivity index (χ2n) is 5.52. The lowest BCUT2D eigenvalue weighted by atomic mass is 9.78. The number of methoxy groups -OCH3 is 1. The molecule has 0 spiro atoms. The number of rotatable bonds is 8. The Morgan fingerprint density at radius 1 is 1.42 bits per heavy atom. The molecule has 0 radical (unpaired) electrons. The fourth-order valence-electron chi connectivity index (χ4n) is 2.50. The molecule has 0 bridgehead atoms. The van der Waals surface area contributed by atoms with E-state index in [1.807, 2.05) is 0 Å². The highest BCUT2D eigenvalue weighted by Crippen LogP contribution is 2.33. The summed E-state index contributed by atoms with van der Waals surface area (Å²) in [6.45, 7) is 4.09. The molecule has 1 amide bonds. The quantitative estimate of drug-likeness (QED) is 0.568. The molecule has 1 aliphatic carbocycles. The van der Waals surface area contributed by atoms with Gasteiger partial charge >= 0.3 is 0 Å². The molecule has 112 valence electrons. The third kappa shape index (κ3) is 6.36. The minimum atomic E-state index is -0.701. The Morgan fingerprint density at radius 2 is 2.11 bits per heavy atom. The zero-order chi connectivity index (χ0) is 14.1. The number of carbonyl (C=O) groups excluding carboxylic acids is 1. The van der Waals surface area contributed by atoms with E-state index in [2.05, 4.69) is 17.6 Å². The van der Waals surface area contributed by atoms with Gasteiger partial charge in [0, 0.05) is 20.2 Å². The second-order valence-corrected chi connectivity index (χ2v) is 5.52.